The molecule has 0 saturated carbocycles. The number of likely N-dealkylation sites (tertiary alicyclic amines) is 1. The van der Waals surface area contributed by atoms with E-state index < -0.39 is 0 Å². The Labute approximate surface area is 135 Å². The summed E-state index contributed by atoms with van der Waals surface area (Å²) in [5.74, 6) is 0.194. The summed E-state index contributed by atoms with van der Waals surface area (Å²) in [6, 6.07) is 0.307. The first-order valence-corrected chi connectivity index (χ1v) is 7.52. The number of piperidine rings is 2. The number of hydrogen-bond donors (Lipinski definition) is 2. The fourth-order valence-electron chi connectivity index (χ4n) is 2.99. The molecule has 0 radical (unpaired) electrons. The summed E-state index contributed by atoms with van der Waals surface area (Å²) in [6.07, 6.45) is 7.35. The van der Waals surface area contributed by atoms with Gasteiger partial charge in [-0.3, -0.25) is 4.79 Å². The van der Waals surface area contributed by atoms with Crippen LogP contribution in [0.4, 0.5) is 0 Å². The molecule has 2 aliphatic heterocycles. The third-order valence-electron chi connectivity index (χ3n) is 4.00. The highest BCUT2D eigenvalue weighted by Gasteiger charge is 2.22. The Kier molecular flexibility index (Phi) is 10.6. The molecular weight excluding hydrogens is 297 g/mol. The monoisotopic (exact) mass is 325 g/mol. The molecule has 20 heavy (non-hydrogen) atoms. The lowest BCUT2D eigenvalue weighted by Crippen LogP contribution is -2.51. The molecule has 0 spiro atoms. The normalized spacial score (nSPS) is 24.9. The van der Waals surface area contributed by atoms with Crippen LogP contribution < -0.4 is 10.6 Å². The van der Waals surface area contributed by atoms with Crippen LogP contribution >= 0.6 is 24.8 Å². The van der Waals surface area contributed by atoms with E-state index in [2.05, 4.69) is 22.5 Å². The van der Waals surface area contributed by atoms with Crippen molar-refractivity contribution in [2.75, 3.05) is 26.2 Å². The number of carbonyl (C=O) groups is 1. The van der Waals surface area contributed by atoms with Crippen molar-refractivity contribution >= 4 is 30.7 Å². The average molecular weight is 326 g/mol. The van der Waals surface area contributed by atoms with Crippen molar-refractivity contribution in [3.63, 3.8) is 0 Å². The summed E-state index contributed by atoms with van der Waals surface area (Å²) < 4.78 is 0. The molecule has 2 aliphatic rings. The van der Waals surface area contributed by atoms with Crippen molar-refractivity contribution in [3.8, 4) is 0 Å². The van der Waals surface area contributed by atoms with Crippen molar-refractivity contribution in [2.24, 2.45) is 0 Å². The van der Waals surface area contributed by atoms with Gasteiger partial charge in [0.05, 0.1) is 6.04 Å². The molecule has 4 nitrogen and oxygen atoms in total. The Morgan fingerprint density at radius 1 is 1.20 bits per heavy atom. The molecule has 0 aromatic heterocycles. The van der Waals surface area contributed by atoms with Gasteiger partial charge in [0.15, 0.2) is 0 Å². The number of nitrogens with one attached hydrogen (secondary N) is 2. The first-order valence-electron chi connectivity index (χ1n) is 7.52. The summed E-state index contributed by atoms with van der Waals surface area (Å²) in [5.41, 5.74) is 0. The van der Waals surface area contributed by atoms with Crippen LogP contribution in [0, 0.1) is 0 Å². The average Bonchev–Trinajstić information content (AvgIpc) is 2.40. The largest absolute Gasteiger partial charge is 0.351 e. The maximum atomic E-state index is 12.1. The minimum absolute atomic E-state index is 0. The van der Waals surface area contributed by atoms with Gasteiger partial charge in [0, 0.05) is 12.6 Å². The molecule has 2 saturated heterocycles. The summed E-state index contributed by atoms with van der Waals surface area (Å²) >= 11 is 0. The van der Waals surface area contributed by atoms with E-state index in [0.717, 1.165) is 19.5 Å². The van der Waals surface area contributed by atoms with Crippen LogP contribution in [0.15, 0.2) is 0 Å². The van der Waals surface area contributed by atoms with E-state index in [0.29, 0.717) is 0 Å². The molecular formula is C14H29Cl2N3O. The molecule has 120 valence electrons. The molecule has 2 atom stereocenters. The Morgan fingerprint density at radius 3 is 2.50 bits per heavy atom. The first kappa shape index (κ1) is 20.0. The number of halogens is 2. The first-order chi connectivity index (χ1) is 8.75. The Hall–Kier alpha value is -0.0300. The quantitative estimate of drug-likeness (QED) is 0.830. The van der Waals surface area contributed by atoms with Crippen molar-refractivity contribution in [1.82, 2.24) is 15.5 Å². The summed E-state index contributed by atoms with van der Waals surface area (Å²) in [4.78, 5) is 14.5. The molecule has 0 aromatic carbocycles. The van der Waals surface area contributed by atoms with Crippen LogP contribution in [0.2, 0.25) is 0 Å². The van der Waals surface area contributed by atoms with Gasteiger partial charge in [0.25, 0.3) is 0 Å². The van der Waals surface area contributed by atoms with E-state index in [9.17, 15) is 4.79 Å². The van der Waals surface area contributed by atoms with Crippen molar-refractivity contribution in [1.29, 1.82) is 0 Å². The topological polar surface area (TPSA) is 44.4 Å². The SMILES string of the molecule is CC(CN1CCCCC1)NC(=O)C1CCCCN1.Cl.Cl. The van der Waals surface area contributed by atoms with Gasteiger partial charge in [-0.1, -0.05) is 12.8 Å². The van der Waals surface area contributed by atoms with Gasteiger partial charge in [0.2, 0.25) is 5.91 Å². The highest BCUT2D eigenvalue weighted by molar-refractivity contribution is 5.85. The Bertz CT molecular complexity index is 267. The van der Waals surface area contributed by atoms with E-state index >= 15 is 0 Å². The second kappa shape index (κ2) is 10.7. The fourth-order valence-corrected chi connectivity index (χ4v) is 2.99. The number of carbonyl (C=O) groups excluding carboxylic acids is 1. The number of amides is 1. The highest BCUT2D eigenvalue weighted by atomic mass is 35.5. The zero-order valence-electron chi connectivity index (χ0n) is 12.4. The van der Waals surface area contributed by atoms with Crippen LogP contribution in [-0.2, 0) is 4.79 Å². The van der Waals surface area contributed by atoms with Gasteiger partial charge in [-0.15, -0.1) is 24.8 Å². The van der Waals surface area contributed by atoms with Crippen LogP contribution in [-0.4, -0.2) is 49.1 Å². The lowest BCUT2D eigenvalue weighted by molar-refractivity contribution is -0.124. The molecule has 1 amide bonds. The fraction of sp³-hybridized carbons (Fsp3) is 0.929. The maximum absolute atomic E-state index is 12.1. The number of hydrogen-bond acceptors (Lipinski definition) is 3. The Morgan fingerprint density at radius 2 is 1.90 bits per heavy atom. The second-order valence-electron chi connectivity index (χ2n) is 5.77. The van der Waals surface area contributed by atoms with E-state index in [4.69, 9.17) is 0 Å². The number of rotatable bonds is 4. The number of nitrogens with zero attached hydrogens (tertiary/aromatic N) is 1. The molecule has 2 rings (SSSR count). The molecule has 2 unspecified atom stereocenters. The summed E-state index contributed by atoms with van der Waals surface area (Å²) in [5, 5.41) is 6.46. The van der Waals surface area contributed by atoms with E-state index in [1.165, 1.54) is 45.2 Å². The summed E-state index contributed by atoms with van der Waals surface area (Å²) in [6.45, 7) is 6.50. The molecule has 0 bridgehead atoms. The second-order valence-corrected chi connectivity index (χ2v) is 5.77. The van der Waals surface area contributed by atoms with Crippen molar-refractivity contribution in [3.05, 3.63) is 0 Å². The molecule has 2 heterocycles. The minimum Gasteiger partial charge on any atom is -0.351 e. The van der Waals surface area contributed by atoms with Crippen LogP contribution in [0.25, 0.3) is 0 Å². The minimum atomic E-state index is 0. The van der Waals surface area contributed by atoms with Crippen LogP contribution in [0.5, 0.6) is 0 Å². The third kappa shape index (κ3) is 6.61. The smallest absolute Gasteiger partial charge is 0.237 e. The Balaban J connectivity index is 0.00000180. The van der Waals surface area contributed by atoms with Gasteiger partial charge in [-0.2, -0.15) is 0 Å². The van der Waals surface area contributed by atoms with Crippen molar-refractivity contribution in [2.45, 2.75) is 57.5 Å². The zero-order valence-corrected chi connectivity index (χ0v) is 14.0. The predicted octanol–water partition coefficient (Wildman–Crippen LogP) is 1.96. The molecule has 2 N–H and O–H groups in total. The van der Waals surface area contributed by atoms with Gasteiger partial charge in [0.1, 0.15) is 0 Å². The lowest BCUT2D eigenvalue weighted by atomic mass is 10.0. The lowest BCUT2D eigenvalue weighted by Gasteiger charge is -2.30. The van der Waals surface area contributed by atoms with E-state index in [-0.39, 0.29) is 42.8 Å². The third-order valence-corrected chi connectivity index (χ3v) is 4.00. The predicted molar refractivity (Wildman–Crippen MR) is 88.0 cm³/mol. The summed E-state index contributed by atoms with van der Waals surface area (Å²) in [7, 11) is 0. The van der Waals surface area contributed by atoms with Gasteiger partial charge < -0.3 is 15.5 Å². The van der Waals surface area contributed by atoms with Gasteiger partial charge in [-0.05, 0) is 52.2 Å². The van der Waals surface area contributed by atoms with E-state index in [1.54, 1.807) is 0 Å². The van der Waals surface area contributed by atoms with Gasteiger partial charge >= 0.3 is 0 Å². The maximum Gasteiger partial charge on any atom is 0.237 e. The molecule has 6 heteroatoms. The van der Waals surface area contributed by atoms with E-state index in [1.807, 2.05) is 0 Å². The van der Waals surface area contributed by atoms with Crippen LogP contribution in [0.3, 0.4) is 0 Å². The molecule has 2 fully saturated rings. The van der Waals surface area contributed by atoms with Crippen LogP contribution in [0.1, 0.15) is 45.4 Å². The zero-order chi connectivity index (χ0) is 12.8. The molecule has 0 aromatic rings. The standard InChI is InChI=1S/C14H27N3O.2ClH/c1-12(11-17-9-5-2-6-10-17)16-14(18)13-7-3-4-8-15-13;;/h12-13,15H,2-11H2,1H3,(H,16,18);2*1H. The highest BCUT2D eigenvalue weighted by Crippen LogP contribution is 2.10. The van der Waals surface area contributed by atoms with Crippen molar-refractivity contribution < 1.29 is 4.79 Å². The molecule has 0 aliphatic carbocycles. The van der Waals surface area contributed by atoms with Gasteiger partial charge in [-0.25, -0.2) is 0 Å².